The molecule has 4 rings (SSSR count). The number of quaternary nitrogens is 1. The summed E-state index contributed by atoms with van der Waals surface area (Å²) in [6, 6.07) is 10.7. The Labute approximate surface area is 145 Å². The number of likely N-dealkylation sites (tertiary alicyclic amines) is 1. The van der Waals surface area contributed by atoms with Crippen LogP contribution in [-0.2, 0) is 0 Å². The summed E-state index contributed by atoms with van der Waals surface area (Å²) >= 11 is 1.56. The summed E-state index contributed by atoms with van der Waals surface area (Å²) in [4.78, 5) is 7.70. The van der Waals surface area contributed by atoms with Gasteiger partial charge in [-0.1, -0.05) is 48.6 Å². The van der Waals surface area contributed by atoms with Crippen molar-refractivity contribution in [2.75, 3.05) is 13.1 Å². The van der Waals surface area contributed by atoms with Gasteiger partial charge >= 0.3 is 0 Å². The Morgan fingerprint density at radius 3 is 2.83 bits per heavy atom. The summed E-state index contributed by atoms with van der Waals surface area (Å²) in [7, 11) is 0. The van der Waals surface area contributed by atoms with E-state index in [1.54, 1.807) is 15.9 Å². The highest BCUT2D eigenvalue weighted by molar-refractivity contribution is 7.17. The molecular formula is C18H23N4OS+. The maximum absolute atomic E-state index is 10.8. The first-order valence-corrected chi connectivity index (χ1v) is 9.39. The van der Waals surface area contributed by atoms with Crippen LogP contribution in [0.3, 0.4) is 0 Å². The second-order valence-corrected chi connectivity index (χ2v) is 7.86. The van der Waals surface area contributed by atoms with Crippen LogP contribution in [0.5, 0.6) is 5.88 Å². The van der Waals surface area contributed by atoms with Gasteiger partial charge in [0, 0.05) is 11.5 Å². The van der Waals surface area contributed by atoms with Gasteiger partial charge in [0.15, 0.2) is 6.04 Å². The van der Waals surface area contributed by atoms with Crippen molar-refractivity contribution in [3.63, 3.8) is 0 Å². The van der Waals surface area contributed by atoms with E-state index in [1.807, 2.05) is 13.0 Å². The molecule has 3 heterocycles. The van der Waals surface area contributed by atoms with Gasteiger partial charge in [-0.3, -0.25) is 0 Å². The number of hydrogen-bond donors (Lipinski definition) is 2. The fourth-order valence-corrected chi connectivity index (χ4v) is 5.03. The zero-order valence-corrected chi connectivity index (χ0v) is 14.9. The number of nitrogens with one attached hydrogen (secondary N) is 1. The van der Waals surface area contributed by atoms with Gasteiger partial charge < -0.3 is 10.0 Å². The Hall–Kier alpha value is -1.92. The van der Waals surface area contributed by atoms with Crippen LogP contribution in [0, 0.1) is 12.8 Å². The number of thiazole rings is 1. The molecule has 0 aliphatic carbocycles. The van der Waals surface area contributed by atoms with Crippen molar-refractivity contribution in [3.05, 3.63) is 46.6 Å². The number of piperidine rings is 1. The maximum atomic E-state index is 10.8. The van der Waals surface area contributed by atoms with Crippen molar-refractivity contribution in [1.82, 2.24) is 14.6 Å². The largest absolute Gasteiger partial charge is 0.492 e. The van der Waals surface area contributed by atoms with Crippen LogP contribution in [0.4, 0.5) is 0 Å². The van der Waals surface area contributed by atoms with Crippen LogP contribution in [0.2, 0.25) is 0 Å². The molecule has 2 aromatic heterocycles. The quantitative estimate of drug-likeness (QED) is 0.767. The zero-order valence-electron chi connectivity index (χ0n) is 14.1. The van der Waals surface area contributed by atoms with Gasteiger partial charge in [-0.2, -0.15) is 4.52 Å². The van der Waals surface area contributed by atoms with Crippen LogP contribution >= 0.6 is 11.3 Å². The number of rotatable bonds is 3. The molecule has 0 amide bonds. The van der Waals surface area contributed by atoms with Gasteiger partial charge in [0.2, 0.25) is 10.8 Å². The summed E-state index contributed by atoms with van der Waals surface area (Å²) in [5.41, 5.74) is 1.25. The third kappa shape index (κ3) is 2.70. The van der Waals surface area contributed by atoms with E-state index in [-0.39, 0.29) is 11.9 Å². The molecule has 0 saturated carbocycles. The molecular weight excluding hydrogens is 320 g/mol. The Bertz CT molecular complexity index is 841. The highest BCUT2D eigenvalue weighted by Crippen LogP contribution is 2.35. The standard InChI is InChI=1S/C18H22N4OS/c1-12-7-6-10-21(11-12)15(14-8-4-3-5-9-14)16-17(23)22-18(24-16)19-13(2)20-22/h3-5,8-9,12,15,23H,6-7,10-11H2,1-2H3/p+1/t12-,15-/m0/s1. The van der Waals surface area contributed by atoms with E-state index in [4.69, 9.17) is 0 Å². The minimum absolute atomic E-state index is 0.141. The minimum atomic E-state index is 0.141. The van der Waals surface area contributed by atoms with Gasteiger partial charge in [0.1, 0.15) is 10.7 Å². The molecule has 3 atom stereocenters. The van der Waals surface area contributed by atoms with Crippen molar-refractivity contribution in [3.8, 4) is 5.88 Å². The number of hydrogen-bond acceptors (Lipinski definition) is 4. The molecule has 0 bridgehead atoms. The van der Waals surface area contributed by atoms with E-state index in [1.165, 1.54) is 23.3 Å². The van der Waals surface area contributed by atoms with Crippen LogP contribution < -0.4 is 4.90 Å². The van der Waals surface area contributed by atoms with Gasteiger partial charge in [-0.15, -0.1) is 5.10 Å². The van der Waals surface area contributed by atoms with E-state index in [0.29, 0.717) is 11.7 Å². The van der Waals surface area contributed by atoms with Crippen molar-refractivity contribution in [2.45, 2.75) is 32.7 Å². The number of aromatic nitrogens is 3. The first kappa shape index (κ1) is 15.6. The summed E-state index contributed by atoms with van der Waals surface area (Å²) in [6.07, 6.45) is 2.53. The molecule has 0 spiro atoms. The highest BCUT2D eigenvalue weighted by atomic mass is 32.1. The summed E-state index contributed by atoms with van der Waals surface area (Å²) in [5, 5.41) is 15.1. The number of aromatic hydroxyl groups is 1. The van der Waals surface area contributed by atoms with Gasteiger partial charge in [0.25, 0.3) is 0 Å². The molecule has 3 aromatic rings. The third-order valence-corrected chi connectivity index (χ3v) is 6.00. The summed E-state index contributed by atoms with van der Waals surface area (Å²) in [5.74, 6) is 1.65. The third-order valence-electron chi connectivity index (χ3n) is 4.91. The fourth-order valence-electron chi connectivity index (χ4n) is 3.85. The second kappa shape index (κ2) is 6.18. The molecule has 24 heavy (non-hydrogen) atoms. The van der Waals surface area contributed by atoms with Crippen LogP contribution in [0.1, 0.15) is 42.1 Å². The van der Waals surface area contributed by atoms with Crippen molar-refractivity contribution < 1.29 is 10.0 Å². The van der Waals surface area contributed by atoms with Crippen molar-refractivity contribution >= 4 is 16.3 Å². The Balaban J connectivity index is 1.81. The molecule has 1 fully saturated rings. The summed E-state index contributed by atoms with van der Waals surface area (Å²) in [6.45, 7) is 6.44. The lowest BCUT2D eigenvalue weighted by molar-refractivity contribution is -0.933. The first-order valence-electron chi connectivity index (χ1n) is 8.58. The van der Waals surface area contributed by atoms with Gasteiger partial charge in [0.05, 0.1) is 13.1 Å². The number of aryl methyl sites for hydroxylation is 1. The lowest BCUT2D eigenvalue weighted by Crippen LogP contribution is -3.13. The van der Waals surface area contributed by atoms with Crippen molar-refractivity contribution in [2.24, 2.45) is 5.92 Å². The minimum Gasteiger partial charge on any atom is -0.492 e. The van der Waals surface area contributed by atoms with E-state index in [9.17, 15) is 5.11 Å². The Morgan fingerprint density at radius 2 is 2.12 bits per heavy atom. The first-order chi connectivity index (χ1) is 11.6. The normalized spacial score (nSPS) is 22.8. The van der Waals surface area contributed by atoms with Crippen LogP contribution in [0.15, 0.2) is 30.3 Å². The smallest absolute Gasteiger partial charge is 0.235 e. The average Bonchev–Trinajstić information content (AvgIpc) is 3.07. The van der Waals surface area contributed by atoms with Crippen LogP contribution in [-0.4, -0.2) is 32.8 Å². The topological polar surface area (TPSA) is 54.9 Å². The average molecular weight is 343 g/mol. The van der Waals surface area contributed by atoms with Crippen molar-refractivity contribution in [1.29, 1.82) is 0 Å². The zero-order chi connectivity index (χ0) is 16.7. The molecule has 1 saturated heterocycles. The van der Waals surface area contributed by atoms with Gasteiger partial charge in [-0.05, 0) is 19.8 Å². The summed E-state index contributed by atoms with van der Waals surface area (Å²) < 4.78 is 1.58. The molecule has 126 valence electrons. The molecule has 2 N–H and O–H groups in total. The predicted octanol–water partition coefficient (Wildman–Crippen LogP) is 2.21. The predicted molar refractivity (Wildman–Crippen MR) is 94.6 cm³/mol. The van der Waals surface area contributed by atoms with Crippen LogP contribution in [0.25, 0.3) is 4.96 Å². The molecule has 0 radical (unpaired) electrons. The second-order valence-electron chi connectivity index (χ2n) is 6.85. The molecule has 5 nitrogen and oxygen atoms in total. The van der Waals surface area contributed by atoms with E-state index < -0.39 is 0 Å². The highest BCUT2D eigenvalue weighted by Gasteiger charge is 2.34. The monoisotopic (exact) mass is 343 g/mol. The van der Waals surface area contributed by atoms with Gasteiger partial charge in [-0.25, -0.2) is 4.98 Å². The fraction of sp³-hybridized carbons (Fsp3) is 0.444. The van der Waals surface area contributed by atoms with E-state index in [0.717, 1.165) is 22.9 Å². The molecule has 1 aliphatic rings. The molecule has 1 aromatic carbocycles. The number of fused-ring (bicyclic) bond motifs is 1. The van der Waals surface area contributed by atoms with E-state index in [2.05, 4.69) is 41.3 Å². The molecule has 1 aliphatic heterocycles. The lowest BCUT2D eigenvalue weighted by atomic mass is 9.95. The lowest BCUT2D eigenvalue weighted by Gasteiger charge is -2.34. The Morgan fingerprint density at radius 1 is 1.33 bits per heavy atom. The Kier molecular flexibility index (Phi) is 4.02. The number of benzene rings is 1. The molecule has 6 heteroatoms. The molecule has 1 unspecified atom stereocenters. The maximum Gasteiger partial charge on any atom is 0.235 e. The number of nitrogens with zero attached hydrogens (tertiary/aromatic N) is 3. The SMILES string of the molecule is Cc1nc2sc([C@H](c3ccccc3)[NH+]3CCC[C@H](C)C3)c(O)n2n1. The van der Waals surface area contributed by atoms with E-state index >= 15 is 0 Å².